The number of amides is 2. The number of ether oxygens (including phenoxy) is 5. The van der Waals surface area contributed by atoms with Crippen LogP contribution in [0.2, 0.25) is 0 Å². The first-order chi connectivity index (χ1) is 18.1. The minimum atomic E-state index is -2.03. The Kier molecular flexibility index (Phi) is 19.1. The number of hydrogen-bond donors (Lipinski definition) is 1. The molecule has 2 heterocycles. The molecule has 0 unspecified atom stereocenters. The number of likely N-dealkylation sites (tertiary alicyclic amines) is 2. The highest BCUT2D eigenvalue weighted by Gasteiger charge is 2.29. The molecular formula is C25H44Cl4N2O10. The quantitative estimate of drug-likeness (QED) is 0.136. The third kappa shape index (κ3) is 22.6. The van der Waals surface area contributed by atoms with Gasteiger partial charge in [-0.1, -0.05) is 7.43 Å². The van der Waals surface area contributed by atoms with Crippen LogP contribution in [-0.2, 0) is 23.7 Å². The van der Waals surface area contributed by atoms with Crippen molar-refractivity contribution in [1.29, 1.82) is 0 Å². The fourth-order valence-electron chi connectivity index (χ4n) is 3.24. The van der Waals surface area contributed by atoms with Gasteiger partial charge in [-0.3, -0.25) is 0 Å². The number of halogens is 4. The Labute approximate surface area is 262 Å². The van der Waals surface area contributed by atoms with Gasteiger partial charge in [0.2, 0.25) is 0 Å². The molecule has 0 bridgehead atoms. The monoisotopic (exact) mass is 672 g/mol. The standard InChI is InChI=1S/C11H18ClNO4.C10H19NO3.C3H3Cl3O3.CH4/c1-11(2,3)17-10(15)13-6-4-5-8(7-13)16-9(12)14;1-10(2,3)14-9(13)11-6-4-5-8(12)7-11;1-8-2(7)9-3(4,5)6;/h8H,4-7H2,1-3H3;8,12H,4-7H2,1-3H3;1H3;1H4/t2*8-;;/m00../s1. The van der Waals surface area contributed by atoms with E-state index in [9.17, 15) is 24.3 Å². The number of carbonyl (C=O) groups excluding carboxylic acids is 4. The zero-order chi connectivity index (χ0) is 31.3. The normalized spacial score (nSPS) is 19.0. The van der Waals surface area contributed by atoms with E-state index in [2.05, 4.69) is 9.47 Å². The molecular weight excluding hydrogens is 630 g/mol. The molecule has 0 spiro atoms. The van der Waals surface area contributed by atoms with E-state index in [0.29, 0.717) is 26.2 Å². The SMILES string of the molecule is C.CC(C)(C)OC(=O)N1CCC[C@H](O)C1.CC(C)(C)OC(=O)N1CCC[C@H](OC(=O)Cl)C1.COC(=O)OC(Cl)(Cl)Cl. The molecule has 0 radical (unpaired) electrons. The van der Waals surface area contributed by atoms with E-state index in [-0.39, 0.29) is 25.7 Å². The molecule has 16 heteroatoms. The Hall–Kier alpha value is -1.60. The Morgan fingerprint density at radius 3 is 1.56 bits per heavy atom. The second-order valence-electron chi connectivity index (χ2n) is 10.8. The molecule has 1 N–H and O–H groups in total. The lowest BCUT2D eigenvalue weighted by Gasteiger charge is -2.33. The molecule has 41 heavy (non-hydrogen) atoms. The van der Waals surface area contributed by atoms with Gasteiger partial charge in [-0.25, -0.2) is 19.2 Å². The Morgan fingerprint density at radius 2 is 1.22 bits per heavy atom. The highest BCUT2D eigenvalue weighted by Crippen LogP contribution is 2.27. The van der Waals surface area contributed by atoms with Crippen LogP contribution >= 0.6 is 46.4 Å². The predicted octanol–water partition coefficient (Wildman–Crippen LogP) is 6.87. The summed E-state index contributed by atoms with van der Waals surface area (Å²) in [6.45, 7) is 13.0. The molecule has 242 valence electrons. The molecule has 2 rings (SSSR count). The summed E-state index contributed by atoms with van der Waals surface area (Å²) < 4.78 is 21.3. The van der Waals surface area contributed by atoms with Crippen LogP contribution in [0.4, 0.5) is 19.2 Å². The molecule has 2 aliphatic heterocycles. The average molecular weight is 674 g/mol. The van der Waals surface area contributed by atoms with Crippen LogP contribution in [0.25, 0.3) is 0 Å². The lowest BCUT2D eigenvalue weighted by Crippen LogP contribution is -2.45. The molecule has 2 fully saturated rings. The van der Waals surface area contributed by atoms with Gasteiger partial charge in [0.1, 0.15) is 17.3 Å². The molecule has 0 saturated carbocycles. The maximum atomic E-state index is 11.8. The summed E-state index contributed by atoms with van der Waals surface area (Å²) in [6.07, 6.45) is 0.655. The van der Waals surface area contributed by atoms with Crippen LogP contribution in [0.3, 0.4) is 0 Å². The molecule has 0 aromatic rings. The first kappa shape index (κ1) is 41.5. The number of aliphatic hydroxyl groups excluding tert-OH is 1. The summed E-state index contributed by atoms with van der Waals surface area (Å²) in [6, 6.07) is 0. The highest BCUT2D eigenvalue weighted by molar-refractivity contribution is 6.66. The Bertz CT molecular complexity index is 829. The van der Waals surface area contributed by atoms with Crippen LogP contribution in [0.5, 0.6) is 0 Å². The van der Waals surface area contributed by atoms with Crippen LogP contribution in [-0.4, -0.2) is 99.4 Å². The van der Waals surface area contributed by atoms with Gasteiger partial charge < -0.3 is 38.6 Å². The molecule has 0 aromatic carbocycles. The number of methoxy groups -OCH3 is 1. The number of aliphatic hydroxyl groups is 1. The summed E-state index contributed by atoms with van der Waals surface area (Å²) in [7, 11) is 1.11. The van der Waals surface area contributed by atoms with Crippen molar-refractivity contribution >= 4 is 70.2 Å². The first-order valence-electron chi connectivity index (χ1n) is 12.5. The summed E-state index contributed by atoms with van der Waals surface area (Å²) in [5.74, 6) is 0. The molecule has 2 saturated heterocycles. The van der Waals surface area contributed by atoms with Gasteiger partial charge in [0, 0.05) is 31.2 Å². The summed E-state index contributed by atoms with van der Waals surface area (Å²) >= 11 is 20.2. The average Bonchev–Trinajstić information content (AvgIpc) is 2.76. The summed E-state index contributed by atoms with van der Waals surface area (Å²) in [5.41, 5.74) is -1.81. The minimum Gasteiger partial charge on any atom is -0.448 e. The topological polar surface area (TPSA) is 141 Å². The number of β-amino-alcohol motifs (C(OH)–C–C–N with tert-alkyl or cyclic N) is 1. The number of rotatable bonds is 1. The van der Waals surface area contributed by atoms with Gasteiger partial charge in [-0.05, 0) is 102 Å². The van der Waals surface area contributed by atoms with E-state index in [1.54, 1.807) is 9.80 Å². The van der Waals surface area contributed by atoms with Crippen molar-refractivity contribution in [2.75, 3.05) is 33.3 Å². The molecule has 2 atom stereocenters. The maximum Gasteiger partial charge on any atom is 0.511 e. The maximum absolute atomic E-state index is 11.8. The van der Waals surface area contributed by atoms with Crippen LogP contribution in [0.15, 0.2) is 0 Å². The third-order valence-electron chi connectivity index (χ3n) is 4.70. The molecule has 2 amide bonds. The van der Waals surface area contributed by atoms with Gasteiger partial charge in [0.15, 0.2) is 0 Å². The number of carbonyl (C=O) groups is 4. The first-order valence-corrected chi connectivity index (χ1v) is 14.0. The van der Waals surface area contributed by atoms with Crippen molar-refractivity contribution in [1.82, 2.24) is 9.80 Å². The van der Waals surface area contributed by atoms with E-state index in [0.717, 1.165) is 32.8 Å². The fraction of sp³-hybridized carbons (Fsp3) is 0.840. The van der Waals surface area contributed by atoms with E-state index in [4.69, 9.17) is 60.6 Å². The van der Waals surface area contributed by atoms with Crippen LogP contribution in [0, 0.1) is 0 Å². The van der Waals surface area contributed by atoms with Gasteiger partial charge in [0.05, 0.1) is 19.8 Å². The van der Waals surface area contributed by atoms with Crippen molar-refractivity contribution in [3.63, 3.8) is 0 Å². The van der Waals surface area contributed by atoms with Crippen molar-refractivity contribution in [3.05, 3.63) is 0 Å². The van der Waals surface area contributed by atoms with Crippen molar-refractivity contribution in [2.24, 2.45) is 0 Å². The highest BCUT2D eigenvalue weighted by atomic mass is 35.6. The largest absolute Gasteiger partial charge is 0.511 e. The number of nitrogens with zero attached hydrogens (tertiary/aromatic N) is 2. The van der Waals surface area contributed by atoms with Crippen molar-refractivity contribution in [3.8, 4) is 0 Å². The number of alkyl halides is 3. The van der Waals surface area contributed by atoms with Gasteiger partial charge in [-0.2, -0.15) is 0 Å². The van der Waals surface area contributed by atoms with Crippen molar-refractivity contribution in [2.45, 2.75) is 102 Å². The molecule has 0 aromatic heterocycles. The third-order valence-corrected chi connectivity index (χ3v) is 5.02. The molecule has 12 nitrogen and oxygen atoms in total. The molecule has 2 aliphatic rings. The van der Waals surface area contributed by atoms with E-state index in [1.807, 2.05) is 41.5 Å². The zero-order valence-corrected chi connectivity index (χ0v) is 26.9. The van der Waals surface area contributed by atoms with Gasteiger partial charge in [0.25, 0.3) is 0 Å². The lowest BCUT2D eigenvalue weighted by atomic mass is 10.1. The smallest absolute Gasteiger partial charge is 0.448 e. The van der Waals surface area contributed by atoms with Crippen molar-refractivity contribution < 1.29 is 48.0 Å². The predicted molar refractivity (Wildman–Crippen MR) is 157 cm³/mol. The Morgan fingerprint density at radius 1 is 0.780 bits per heavy atom. The second kappa shape index (κ2) is 18.8. The summed E-state index contributed by atoms with van der Waals surface area (Å²) in [5, 5.41) is 9.38. The van der Waals surface area contributed by atoms with E-state index >= 15 is 0 Å². The minimum absolute atomic E-state index is 0. The second-order valence-corrected chi connectivity index (χ2v) is 13.3. The van der Waals surface area contributed by atoms with E-state index < -0.39 is 32.9 Å². The number of piperidine rings is 2. The molecule has 0 aliphatic carbocycles. The zero-order valence-electron chi connectivity index (χ0n) is 23.8. The van der Waals surface area contributed by atoms with E-state index in [1.165, 1.54) is 0 Å². The van der Waals surface area contributed by atoms with Gasteiger partial charge >= 0.3 is 27.7 Å². The number of hydrogen-bond acceptors (Lipinski definition) is 10. The summed E-state index contributed by atoms with van der Waals surface area (Å²) in [4.78, 5) is 47.2. The van der Waals surface area contributed by atoms with Crippen LogP contribution < -0.4 is 0 Å². The fourth-order valence-corrected chi connectivity index (χ4v) is 3.56. The van der Waals surface area contributed by atoms with Gasteiger partial charge in [-0.15, -0.1) is 0 Å². The Balaban J connectivity index is 0. The van der Waals surface area contributed by atoms with Crippen LogP contribution in [0.1, 0.15) is 74.7 Å². The lowest BCUT2D eigenvalue weighted by molar-refractivity contribution is 0.00216.